The molecule has 5 aromatic rings. The summed E-state index contributed by atoms with van der Waals surface area (Å²) in [6.07, 6.45) is 7.29. The van der Waals surface area contributed by atoms with Crippen LogP contribution < -0.4 is 4.90 Å². The highest BCUT2D eigenvalue weighted by molar-refractivity contribution is 5.79. The lowest BCUT2D eigenvalue weighted by atomic mass is 10.0. The highest BCUT2D eigenvalue weighted by Crippen LogP contribution is 2.36. The quantitative estimate of drug-likeness (QED) is 0.311. The van der Waals surface area contributed by atoms with E-state index in [0.29, 0.717) is 0 Å². The first-order valence-electron chi connectivity index (χ1n) is 10.2. The number of para-hydroxylation sites is 1. The van der Waals surface area contributed by atoms with E-state index in [0.717, 1.165) is 28.2 Å². The van der Waals surface area contributed by atoms with Crippen molar-refractivity contribution < 1.29 is 0 Å². The first-order chi connectivity index (χ1) is 15.4. The van der Waals surface area contributed by atoms with Crippen LogP contribution in [0, 0.1) is 0 Å². The largest absolute Gasteiger partial charge is 0.311 e. The van der Waals surface area contributed by atoms with Gasteiger partial charge in [-0.1, -0.05) is 42.5 Å². The second-order valence-corrected chi connectivity index (χ2v) is 7.24. The van der Waals surface area contributed by atoms with Crippen molar-refractivity contribution in [2.24, 2.45) is 0 Å². The Balaban J connectivity index is 1.52. The molecule has 0 spiro atoms. The fraction of sp³-hybridized carbons (Fsp3) is 0. The molecule has 2 aromatic heterocycles. The molecule has 0 aliphatic heterocycles. The fourth-order valence-corrected chi connectivity index (χ4v) is 3.72. The summed E-state index contributed by atoms with van der Waals surface area (Å²) in [6, 6.07) is 35.9. The van der Waals surface area contributed by atoms with E-state index in [-0.39, 0.29) is 0 Å². The second-order valence-electron chi connectivity index (χ2n) is 7.24. The highest BCUT2D eigenvalue weighted by atomic mass is 15.1. The van der Waals surface area contributed by atoms with E-state index < -0.39 is 0 Å². The molecular weight excluding hydrogens is 378 g/mol. The molecular formula is C28H21N3. The first kappa shape index (κ1) is 18.8. The second kappa shape index (κ2) is 8.64. The van der Waals surface area contributed by atoms with Gasteiger partial charge in [-0.25, -0.2) is 0 Å². The standard InChI is InChI=1S/C28H21N3/c1-2-4-26(5-3-1)31(27-10-6-22(7-11-27)24-14-18-29-19-15-24)28-12-8-23(9-13-28)25-16-20-30-21-17-25/h1-21H. The molecule has 3 heteroatoms. The van der Waals surface area contributed by atoms with Gasteiger partial charge in [0.05, 0.1) is 0 Å². The smallest absolute Gasteiger partial charge is 0.0462 e. The van der Waals surface area contributed by atoms with Crippen molar-refractivity contribution >= 4 is 17.1 Å². The van der Waals surface area contributed by atoms with Crippen molar-refractivity contribution in [3.05, 3.63) is 128 Å². The van der Waals surface area contributed by atoms with Gasteiger partial charge in [-0.15, -0.1) is 0 Å². The van der Waals surface area contributed by atoms with E-state index in [1.54, 1.807) is 0 Å². The molecule has 0 atom stereocenters. The molecule has 0 fully saturated rings. The summed E-state index contributed by atoms with van der Waals surface area (Å²) < 4.78 is 0. The van der Waals surface area contributed by atoms with Crippen molar-refractivity contribution in [1.29, 1.82) is 0 Å². The van der Waals surface area contributed by atoms with Gasteiger partial charge in [0.1, 0.15) is 0 Å². The van der Waals surface area contributed by atoms with Crippen LogP contribution in [0.5, 0.6) is 0 Å². The Morgan fingerprint density at radius 3 is 1.13 bits per heavy atom. The number of hydrogen-bond acceptors (Lipinski definition) is 3. The predicted molar refractivity (Wildman–Crippen MR) is 128 cm³/mol. The molecule has 3 aromatic carbocycles. The van der Waals surface area contributed by atoms with E-state index in [4.69, 9.17) is 0 Å². The summed E-state index contributed by atoms with van der Waals surface area (Å²) in [7, 11) is 0. The van der Waals surface area contributed by atoms with E-state index >= 15 is 0 Å². The van der Waals surface area contributed by atoms with Crippen LogP contribution in [0.15, 0.2) is 128 Å². The first-order valence-corrected chi connectivity index (χ1v) is 10.2. The zero-order chi connectivity index (χ0) is 20.9. The van der Waals surface area contributed by atoms with Crippen LogP contribution >= 0.6 is 0 Å². The molecule has 5 rings (SSSR count). The van der Waals surface area contributed by atoms with E-state index in [1.807, 2.05) is 55.1 Å². The topological polar surface area (TPSA) is 29.0 Å². The normalized spacial score (nSPS) is 10.6. The zero-order valence-corrected chi connectivity index (χ0v) is 17.0. The molecule has 0 saturated heterocycles. The Bertz CT molecular complexity index is 1150. The maximum atomic E-state index is 4.11. The van der Waals surface area contributed by atoms with Crippen molar-refractivity contribution in [2.75, 3.05) is 4.90 Å². The van der Waals surface area contributed by atoms with Crippen LogP contribution in [0.3, 0.4) is 0 Å². The fourth-order valence-electron chi connectivity index (χ4n) is 3.72. The molecule has 0 unspecified atom stereocenters. The molecule has 31 heavy (non-hydrogen) atoms. The summed E-state index contributed by atoms with van der Waals surface area (Å²) in [5, 5.41) is 0. The van der Waals surface area contributed by atoms with Crippen LogP contribution in [0.2, 0.25) is 0 Å². The minimum Gasteiger partial charge on any atom is -0.311 e. The number of pyridine rings is 2. The molecule has 0 aliphatic carbocycles. The lowest BCUT2D eigenvalue weighted by molar-refractivity contribution is 1.28. The molecule has 148 valence electrons. The molecule has 0 aliphatic rings. The highest BCUT2D eigenvalue weighted by Gasteiger charge is 2.12. The average Bonchev–Trinajstić information content (AvgIpc) is 2.87. The summed E-state index contributed by atoms with van der Waals surface area (Å²) >= 11 is 0. The van der Waals surface area contributed by atoms with E-state index in [2.05, 4.69) is 87.7 Å². The van der Waals surface area contributed by atoms with Crippen molar-refractivity contribution in [3.63, 3.8) is 0 Å². The SMILES string of the molecule is c1ccc(N(c2ccc(-c3ccncc3)cc2)c2ccc(-c3ccncc3)cc2)cc1. The molecule has 0 N–H and O–H groups in total. The van der Waals surface area contributed by atoms with Crippen molar-refractivity contribution in [1.82, 2.24) is 9.97 Å². The molecule has 3 nitrogen and oxygen atoms in total. The predicted octanol–water partition coefficient (Wildman–Crippen LogP) is 7.28. The van der Waals surface area contributed by atoms with E-state index in [1.165, 1.54) is 11.1 Å². The van der Waals surface area contributed by atoms with Gasteiger partial charge in [-0.3, -0.25) is 9.97 Å². The third-order valence-electron chi connectivity index (χ3n) is 5.29. The van der Waals surface area contributed by atoms with Gasteiger partial charge < -0.3 is 4.90 Å². The summed E-state index contributed by atoms with van der Waals surface area (Å²) in [6.45, 7) is 0. The lowest BCUT2D eigenvalue weighted by Crippen LogP contribution is -2.09. The molecule has 0 amide bonds. The van der Waals surface area contributed by atoms with E-state index in [9.17, 15) is 0 Å². The van der Waals surface area contributed by atoms with Gasteiger partial charge in [0.2, 0.25) is 0 Å². The summed E-state index contributed by atoms with van der Waals surface area (Å²) in [4.78, 5) is 10.5. The Kier molecular flexibility index (Phi) is 5.23. The van der Waals surface area contributed by atoms with Gasteiger partial charge in [0.25, 0.3) is 0 Å². The van der Waals surface area contributed by atoms with Gasteiger partial charge in [0, 0.05) is 41.8 Å². The Hall–Kier alpha value is -4.24. The van der Waals surface area contributed by atoms with Crippen molar-refractivity contribution in [2.45, 2.75) is 0 Å². The molecule has 0 bridgehead atoms. The number of anilines is 3. The Morgan fingerprint density at radius 1 is 0.355 bits per heavy atom. The third kappa shape index (κ3) is 4.07. The average molecular weight is 399 g/mol. The van der Waals surface area contributed by atoms with Gasteiger partial charge in [0.15, 0.2) is 0 Å². The number of hydrogen-bond donors (Lipinski definition) is 0. The molecule has 0 radical (unpaired) electrons. The van der Waals surface area contributed by atoms with Gasteiger partial charge >= 0.3 is 0 Å². The minimum atomic E-state index is 1.11. The van der Waals surface area contributed by atoms with Crippen molar-refractivity contribution in [3.8, 4) is 22.3 Å². The Labute approximate surface area is 182 Å². The maximum absolute atomic E-state index is 4.11. The summed E-state index contributed by atoms with van der Waals surface area (Å²) in [5.74, 6) is 0. The minimum absolute atomic E-state index is 1.11. The zero-order valence-electron chi connectivity index (χ0n) is 17.0. The number of aromatic nitrogens is 2. The number of benzene rings is 3. The third-order valence-corrected chi connectivity index (χ3v) is 5.29. The number of rotatable bonds is 5. The molecule has 0 saturated carbocycles. The van der Waals surface area contributed by atoms with Crippen LogP contribution in [0.1, 0.15) is 0 Å². The van der Waals surface area contributed by atoms with Crippen LogP contribution in [-0.2, 0) is 0 Å². The molecule has 2 heterocycles. The number of nitrogens with zero attached hydrogens (tertiary/aromatic N) is 3. The maximum Gasteiger partial charge on any atom is 0.0462 e. The van der Waals surface area contributed by atoms with Crippen LogP contribution in [-0.4, -0.2) is 9.97 Å². The monoisotopic (exact) mass is 399 g/mol. The van der Waals surface area contributed by atoms with Gasteiger partial charge in [-0.2, -0.15) is 0 Å². The lowest BCUT2D eigenvalue weighted by Gasteiger charge is -2.26. The summed E-state index contributed by atoms with van der Waals surface area (Å²) in [5.41, 5.74) is 8.01. The van der Waals surface area contributed by atoms with Gasteiger partial charge in [-0.05, 0) is 82.9 Å². The Morgan fingerprint density at radius 2 is 0.710 bits per heavy atom. The van der Waals surface area contributed by atoms with Crippen LogP contribution in [0.25, 0.3) is 22.3 Å². The van der Waals surface area contributed by atoms with Crippen LogP contribution in [0.4, 0.5) is 17.1 Å².